The Labute approximate surface area is 66.0 Å². The van der Waals surface area contributed by atoms with Crippen molar-refractivity contribution in [3.63, 3.8) is 0 Å². The van der Waals surface area contributed by atoms with Crippen molar-refractivity contribution in [3.05, 3.63) is 0 Å². The predicted molar refractivity (Wildman–Crippen MR) is 40.4 cm³/mol. The molecule has 0 aromatic carbocycles. The quantitative estimate of drug-likeness (QED) is 0.651. The van der Waals surface area contributed by atoms with Gasteiger partial charge in [-0.3, -0.25) is 9.09 Å². The van der Waals surface area contributed by atoms with Gasteiger partial charge in [0.2, 0.25) is 0 Å². The Morgan fingerprint density at radius 2 is 2.36 bits per heavy atom. The monoisotopic (exact) mass is 180 g/mol. The highest BCUT2D eigenvalue weighted by molar-refractivity contribution is 7.51. The minimum absolute atomic E-state index is 0.468. The van der Waals surface area contributed by atoms with Gasteiger partial charge in [-0.05, 0) is 19.3 Å². The smallest absolute Gasteiger partial charge is 0.327 e. The Kier molecular flexibility index (Phi) is 3.07. The molecule has 66 valence electrons. The van der Waals surface area contributed by atoms with Crippen molar-refractivity contribution in [2.75, 3.05) is 13.3 Å². The molecule has 1 N–H and O–H groups in total. The van der Waals surface area contributed by atoms with E-state index in [1.165, 1.54) is 6.66 Å². The molecule has 0 aromatic heterocycles. The van der Waals surface area contributed by atoms with Gasteiger partial charge in [0.15, 0.2) is 6.29 Å². The van der Waals surface area contributed by atoms with Crippen LogP contribution in [0.15, 0.2) is 0 Å². The zero-order valence-corrected chi connectivity index (χ0v) is 7.42. The van der Waals surface area contributed by atoms with Gasteiger partial charge >= 0.3 is 7.60 Å². The third-order valence-electron chi connectivity index (χ3n) is 1.45. The van der Waals surface area contributed by atoms with Gasteiger partial charge in [-0.15, -0.1) is 0 Å². The molecular weight excluding hydrogens is 167 g/mol. The number of rotatable bonds is 2. The molecule has 0 aromatic rings. The van der Waals surface area contributed by atoms with Gasteiger partial charge in [-0.2, -0.15) is 0 Å². The molecular formula is C6H13O4P. The zero-order valence-electron chi connectivity index (χ0n) is 6.52. The van der Waals surface area contributed by atoms with Crippen molar-refractivity contribution >= 4 is 7.60 Å². The van der Waals surface area contributed by atoms with E-state index in [1.54, 1.807) is 0 Å². The fourth-order valence-corrected chi connectivity index (χ4v) is 1.62. The lowest BCUT2D eigenvalue weighted by atomic mass is 10.2. The number of hydrogen-bond donors (Lipinski definition) is 1. The van der Waals surface area contributed by atoms with E-state index in [1.807, 2.05) is 0 Å². The first kappa shape index (κ1) is 9.20. The first-order valence-corrected chi connectivity index (χ1v) is 5.71. The maximum absolute atomic E-state index is 10.7. The molecule has 0 amide bonds. The Balaban J connectivity index is 2.30. The van der Waals surface area contributed by atoms with Gasteiger partial charge in [-0.25, -0.2) is 0 Å². The summed E-state index contributed by atoms with van der Waals surface area (Å²) >= 11 is 0. The average Bonchev–Trinajstić information content (AvgIpc) is 1.85. The van der Waals surface area contributed by atoms with Crippen LogP contribution in [0.2, 0.25) is 0 Å². The fourth-order valence-electron chi connectivity index (χ4n) is 1.01. The molecule has 2 atom stereocenters. The van der Waals surface area contributed by atoms with Crippen molar-refractivity contribution < 1.29 is 18.7 Å². The van der Waals surface area contributed by atoms with Crippen LogP contribution in [0, 0.1) is 0 Å². The molecule has 11 heavy (non-hydrogen) atoms. The van der Waals surface area contributed by atoms with Crippen LogP contribution >= 0.6 is 7.60 Å². The molecule has 0 saturated carbocycles. The maximum Gasteiger partial charge on any atom is 0.327 e. The van der Waals surface area contributed by atoms with Crippen molar-refractivity contribution in [1.29, 1.82) is 0 Å². The van der Waals surface area contributed by atoms with E-state index in [-0.39, 0.29) is 0 Å². The van der Waals surface area contributed by atoms with Gasteiger partial charge in [0, 0.05) is 13.3 Å². The van der Waals surface area contributed by atoms with Crippen molar-refractivity contribution in [3.8, 4) is 0 Å². The van der Waals surface area contributed by atoms with Crippen LogP contribution < -0.4 is 0 Å². The summed E-state index contributed by atoms with van der Waals surface area (Å²) in [4.78, 5) is 8.82. The van der Waals surface area contributed by atoms with E-state index in [9.17, 15) is 4.57 Å². The lowest BCUT2D eigenvalue weighted by Gasteiger charge is -2.23. The van der Waals surface area contributed by atoms with Crippen LogP contribution in [0.4, 0.5) is 0 Å². The predicted octanol–water partition coefficient (Wildman–Crippen LogP) is 1.34. The van der Waals surface area contributed by atoms with E-state index < -0.39 is 13.9 Å². The molecule has 0 radical (unpaired) electrons. The topological polar surface area (TPSA) is 55.8 Å². The Hall–Kier alpha value is 0.110. The molecule has 1 fully saturated rings. The molecule has 1 heterocycles. The van der Waals surface area contributed by atoms with Gasteiger partial charge in [-0.1, -0.05) is 0 Å². The first-order chi connectivity index (χ1) is 5.08. The van der Waals surface area contributed by atoms with Gasteiger partial charge in [0.05, 0.1) is 0 Å². The van der Waals surface area contributed by atoms with Crippen LogP contribution in [0.5, 0.6) is 0 Å². The molecule has 0 aliphatic carbocycles. The summed E-state index contributed by atoms with van der Waals surface area (Å²) in [5.41, 5.74) is 0. The molecule has 4 nitrogen and oxygen atoms in total. The maximum atomic E-state index is 10.7. The van der Waals surface area contributed by atoms with E-state index in [4.69, 9.17) is 14.2 Å². The minimum Gasteiger partial charge on any atom is -0.352 e. The Bertz CT molecular complexity index is 158. The normalized spacial score (nSPS) is 31.3. The fraction of sp³-hybridized carbons (Fsp3) is 1.00. The third kappa shape index (κ3) is 3.87. The number of hydrogen-bond acceptors (Lipinski definition) is 3. The Morgan fingerprint density at radius 1 is 1.64 bits per heavy atom. The third-order valence-corrected chi connectivity index (χ3v) is 2.08. The summed E-state index contributed by atoms with van der Waals surface area (Å²) in [5, 5.41) is 0. The lowest BCUT2D eigenvalue weighted by Crippen LogP contribution is -2.20. The highest BCUT2D eigenvalue weighted by Crippen LogP contribution is 2.40. The average molecular weight is 180 g/mol. The van der Waals surface area contributed by atoms with Crippen LogP contribution in [0.3, 0.4) is 0 Å². The summed E-state index contributed by atoms with van der Waals surface area (Å²) < 4.78 is 20.6. The van der Waals surface area contributed by atoms with Crippen LogP contribution in [0.1, 0.15) is 19.3 Å². The van der Waals surface area contributed by atoms with Gasteiger partial charge < -0.3 is 9.63 Å². The van der Waals surface area contributed by atoms with E-state index >= 15 is 0 Å². The van der Waals surface area contributed by atoms with Crippen molar-refractivity contribution in [2.45, 2.75) is 25.6 Å². The van der Waals surface area contributed by atoms with E-state index in [2.05, 4.69) is 0 Å². The van der Waals surface area contributed by atoms with Crippen LogP contribution in [-0.4, -0.2) is 24.5 Å². The highest BCUT2D eigenvalue weighted by Gasteiger charge is 2.21. The minimum atomic E-state index is -3.36. The summed E-state index contributed by atoms with van der Waals surface area (Å²) in [5.74, 6) is 0. The summed E-state index contributed by atoms with van der Waals surface area (Å²) in [6.07, 6.45) is 2.27. The van der Waals surface area contributed by atoms with Gasteiger partial charge in [0.1, 0.15) is 0 Å². The molecule has 1 aliphatic heterocycles. The van der Waals surface area contributed by atoms with Crippen LogP contribution in [-0.2, 0) is 13.8 Å². The van der Waals surface area contributed by atoms with E-state index in [0.717, 1.165) is 19.3 Å². The van der Waals surface area contributed by atoms with E-state index in [0.29, 0.717) is 6.61 Å². The number of ether oxygens (including phenoxy) is 1. The van der Waals surface area contributed by atoms with Crippen molar-refractivity contribution in [2.24, 2.45) is 0 Å². The molecule has 1 saturated heterocycles. The molecule has 1 aliphatic rings. The zero-order chi connectivity index (χ0) is 8.32. The second-order valence-electron chi connectivity index (χ2n) is 2.70. The van der Waals surface area contributed by atoms with Crippen molar-refractivity contribution in [1.82, 2.24) is 0 Å². The summed E-state index contributed by atoms with van der Waals surface area (Å²) in [6.45, 7) is 1.80. The largest absolute Gasteiger partial charge is 0.352 e. The highest BCUT2D eigenvalue weighted by atomic mass is 31.2. The Morgan fingerprint density at radius 3 is 2.82 bits per heavy atom. The standard InChI is InChI=1S/C6H13O4P/c1-11(7,8)10-6-4-2-3-5-9-6/h6H,2-5H2,1H3,(H,7,8)/t6-/m1/s1. The molecule has 1 rings (SSSR count). The molecule has 0 bridgehead atoms. The lowest BCUT2D eigenvalue weighted by molar-refractivity contribution is -0.109. The van der Waals surface area contributed by atoms with Gasteiger partial charge in [0.25, 0.3) is 0 Å². The molecule has 5 heteroatoms. The SMILES string of the molecule is CP(=O)(O)O[C@@H]1CCCCO1. The summed E-state index contributed by atoms with van der Waals surface area (Å²) in [7, 11) is -3.36. The first-order valence-electron chi connectivity index (χ1n) is 3.68. The summed E-state index contributed by atoms with van der Waals surface area (Å²) in [6, 6.07) is 0. The second-order valence-corrected chi connectivity index (χ2v) is 4.52. The molecule has 0 spiro atoms. The second kappa shape index (κ2) is 3.68. The molecule has 1 unspecified atom stereocenters. The van der Waals surface area contributed by atoms with Crippen LogP contribution in [0.25, 0.3) is 0 Å².